The van der Waals surface area contributed by atoms with E-state index in [-0.39, 0.29) is 56.7 Å². The molecule has 1 aromatic heterocycles. The number of aliphatic hydroxyl groups excluding tert-OH is 1. The van der Waals surface area contributed by atoms with Crippen molar-refractivity contribution in [2.24, 2.45) is 17.6 Å². The lowest BCUT2D eigenvalue weighted by Crippen LogP contribution is -2.62. The van der Waals surface area contributed by atoms with Crippen LogP contribution in [-0.2, 0) is 67.2 Å². The number of aromatic hydroxyl groups is 1. The molecule has 25 nitrogen and oxygen atoms in total. The Balaban J connectivity index is 1.48. The van der Waals surface area contributed by atoms with Gasteiger partial charge in [0.05, 0.1) is 25.0 Å². The largest absolute Gasteiger partial charge is 0.508 e. The summed E-state index contributed by atoms with van der Waals surface area (Å²) in [4.78, 5) is 142. The fraction of sp³-hybridized carbons (Fsp3) is 0.519. The molecule has 1 fully saturated rings. The van der Waals surface area contributed by atoms with Crippen LogP contribution in [0.15, 0.2) is 67.1 Å². The summed E-state index contributed by atoms with van der Waals surface area (Å²) in [5.74, 6) is -10.2. The molecule has 14 N–H and O–H groups in total. The van der Waals surface area contributed by atoms with Gasteiger partial charge in [-0.15, -0.1) is 0 Å². The maximum atomic E-state index is 14.5. The van der Waals surface area contributed by atoms with Gasteiger partial charge in [0.1, 0.15) is 48.0 Å². The van der Waals surface area contributed by atoms with Crippen LogP contribution in [0.3, 0.4) is 0 Å². The van der Waals surface area contributed by atoms with E-state index in [1.807, 2.05) is 13.8 Å². The van der Waals surface area contributed by atoms with Crippen molar-refractivity contribution in [3.8, 4) is 5.75 Å². The zero-order valence-electron chi connectivity index (χ0n) is 43.8. The molecule has 3 aromatic rings. The minimum atomic E-state index is -1.77. The highest BCUT2D eigenvalue weighted by atomic mass is 16.4. The summed E-state index contributed by atoms with van der Waals surface area (Å²) in [5.41, 5.74) is 7.76. The van der Waals surface area contributed by atoms with E-state index in [0.717, 1.165) is 0 Å². The second-order valence-electron chi connectivity index (χ2n) is 19.7. The van der Waals surface area contributed by atoms with Crippen LogP contribution < -0.4 is 43.0 Å². The first kappa shape index (κ1) is 61.6. The lowest BCUT2D eigenvalue weighted by atomic mass is 9.96. The molecular weight excluding hydrogens is 1000 g/mol. The molecule has 1 aliphatic rings. The number of aromatic amines is 1. The average Bonchev–Trinajstić information content (AvgIpc) is 4.10. The molecule has 1 saturated heterocycles. The van der Waals surface area contributed by atoms with Crippen LogP contribution in [0.4, 0.5) is 0 Å². The van der Waals surface area contributed by atoms with Gasteiger partial charge in [0.2, 0.25) is 47.3 Å². The zero-order valence-corrected chi connectivity index (χ0v) is 43.8. The van der Waals surface area contributed by atoms with Crippen molar-refractivity contribution >= 4 is 59.2 Å². The van der Waals surface area contributed by atoms with E-state index < -0.39 is 139 Å². The maximum Gasteiger partial charge on any atom is 0.326 e. The number of aliphatic carboxylic acids is 2. The first-order valence-corrected chi connectivity index (χ1v) is 25.5. The van der Waals surface area contributed by atoms with Crippen LogP contribution >= 0.6 is 0 Å². The standard InChI is InChI=1S/C52H73N11O14/c1-6-29(4)43(61-47(71)36(18-19-42(67)68)57-41(66)26-55-46(70)37(21-28(2)3)58-45(69)35(53)24-33-25-54-27-56-33)49(73)62-44(30(5)64)50(74)59-38(22-32-14-16-34(65)17-15-32)51(75)63-20-10-13-40(63)48(72)60-39(52(76)77)23-31-11-8-7-9-12-31/h7-9,11-12,14-17,25,27-30,35-40,43-44,64-65H,6,10,13,18-24,26,53H2,1-5H3,(H,54,56)(H,55,70)(H,57,66)(H,58,69)(H,59,74)(H,60,72)(H,61,71)(H,62,73)(H,67,68)(H,76,77)/t29-,30+,35-,36-,37-,38-,39-,40-,43-,44-/m0/s1. The van der Waals surface area contributed by atoms with Crippen LogP contribution in [0.2, 0.25) is 0 Å². The lowest BCUT2D eigenvalue weighted by molar-refractivity contribution is -0.145. The molecule has 0 saturated carbocycles. The molecule has 77 heavy (non-hydrogen) atoms. The fourth-order valence-electron chi connectivity index (χ4n) is 8.53. The molecule has 2 heterocycles. The Labute approximate surface area is 445 Å². The zero-order chi connectivity index (χ0) is 56.9. The third-order valence-electron chi connectivity index (χ3n) is 13.0. The van der Waals surface area contributed by atoms with Crippen LogP contribution in [0, 0.1) is 11.8 Å². The molecule has 0 unspecified atom stereocenters. The Hall–Kier alpha value is -7.93. The second kappa shape index (κ2) is 30.0. The molecule has 1 aliphatic heterocycles. The van der Waals surface area contributed by atoms with Crippen LogP contribution in [0.25, 0.3) is 0 Å². The molecule has 8 amide bonds. The summed E-state index contributed by atoms with van der Waals surface area (Å²) in [6, 6.07) is 3.52. The normalized spacial score (nSPS) is 16.7. The Morgan fingerprint density at radius 1 is 0.727 bits per heavy atom. The number of carbonyl (C=O) groups is 10. The Kier molecular flexibility index (Phi) is 24.0. The van der Waals surface area contributed by atoms with Gasteiger partial charge in [-0.3, -0.25) is 43.2 Å². The molecule has 0 radical (unpaired) electrons. The number of nitrogens with zero attached hydrogens (tertiary/aromatic N) is 2. The van der Waals surface area contributed by atoms with Gasteiger partial charge in [-0.2, -0.15) is 0 Å². The topological polar surface area (TPSA) is 394 Å². The van der Waals surface area contributed by atoms with Gasteiger partial charge < -0.3 is 73.3 Å². The number of aromatic nitrogens is 2. The number of nitrogens with two attached hydrogens (primary N) is 1. The Bertz CT molecular complexity index is 2490. The van der Waals surface area contributed by atoms with Gasteiger partial charge in [-0.25, -0.2) is 9.78 Å². The third-order valence-corrected chi connectivity index (χ3v) is 13.0. The van der Waals surface area contributed by atoms with E-state index in [4.69, 9.17) is 5.73 Å². The lowest BCUT2D eigenvalue weighted by Gasteiger charge is -2.32. The molecule has 0 aliphatic carbocycles. The van der Waals surface area contributed by atoms with Crippen LogP contribution in [0.1, 0.15) is 90.0 Å². The number of imidazole rings is 1. The summed E-state index contributed by atoms with van der Waals surface area (Å²) in [6.45, 7) is 7.46. The summed E-state index contributed by atoms with van der Waals surface area (Å²) in [5, 5.41) is 58.0. The number of H-pyrrole nitrogens is 1. The van der Waals surface area contributed by atoms with Gasteiger partial charge in [-0.1, -0.05) is 76.6 Å². The quantitative estimate of drug-likeness (QED) is 0.0377. The number of carboxylic acid groups (broad SMARTS) is 2. The molecule has 0 spiro atoms. The number of hydrogen-bond acceptors (Lipinski definition) is 14. The van der Waals surface area contributed by atoms with Crippen LogP contribution in [-0.4, -0.2) is 162 Å². The van der Waals surface area contributed by atoms with E-state index in [2.05, 4.69) is 47.2 Å². The summed E-state index contributed by atoms with van der Waals surface area (Å²) in [6.07, 6.45) is 1.07. The third kappa shape index (κ3) is 19.6. The number of nitrogens with one attached hydrogen (secondary N) is 8. The molecule has 4 rings (SSSR count). The average molecular weight is 1080 g/mol. The predicted octanol–water partition coefficient (Wildman–Crippen LogP) is -1.09. The Morgan fingerprint density at radius 2 is 1.35 bits per heavy atom. The van der Waals surface area contributed by atoms with Crippen molar-refractivity contribution in [1.29, 1.82) is 0 Å². The van der Waals surface area contributed by atoms with E-state index in [9.17, 15) is 68.4 Å². The number of hydrogen-bond donors (Lipinski definition) is 13. The first-order valence-electron chi connectivity index (χ1n) is 25.5. The number of aliphatic hydroxyl groups is 1. The number of carbonyl (C=O) groups excluding carboxylic acids is 8. The highest BCUT2D eigenvalue weighted by molar-refractivity contribution is 5.98. The van der Waals surface area contributed by atoms with Crippen LogP contribution in [0.5, 0.6) is 5.75 Å². The number of phenols is 1. The fourth-order valence-corrected chi connectivity index (χ4v) is 8.53. The second-order valence-corrected chi connectivity index (χ2v) is 19.7. The highest BCUT2D eigenvalue weighted by Gasteiger charge is 2.41. The highest BCUT2D eigenvalue weighted by Crippen LogP contribution is 2.22. The number of phenolic OH excluding ortho intramolecular Hbond substituents is 1. The number of rotatable bonds is 30. The molecule has 420 valence electrons. The Morgan fingerprint density at radius 3 is 1.95 bits per heavy atom. The van der Waals surface area contributed by atoms with Crippen molar-refractivity contribution < 1.29 is 68.4 Å². The first-order chi connectivity index (χ1) is 36.5. The summed E-state index contributed by atoms with van der Waals surface area (Å²) >= 11 is 0. The molecule has 10 atom stereocenters. The van der Waals surface area contributed by atoms with Crippen molar-refractivity contribution in [2.75, 3.05) is 13.1 Å². The van der Waals surface area contributed by atoms with Gasteiger partial charge in [0, 0.05) is 44.1 Å². The van der Waals surface area contributed by atoms with E-state index in [0.29, 0.717) is 23.2 Å². The molecule has 25 heteroatoms. The van der Waals surface area contributed by atoms with E-state index in [1.54, 1.807) is 44.2 Å². The molecular formula is C52H73N11O14. The van der Waals surface area contributed by atoms with E-state index >= 15 is 0 Å². The minimum absolute atomic E-state index is 0.0334. The van der Waals surface area contributed by atoms with Gasteiger partial charge in [0.25, 0.3) is 0 Å². The minimum Gasteiger partial charge on any atom is -0.508 e. The van der Waals surface area contributed by atoms with Gasteiger partial charge in [-0.05, 0) is 67.7 Å². The number of amides is 8. The summed E-state index contributed by atoms with van der Waals surface area (Å²) < 4.78 is 0. The van der Waals surface area contributed by atoms with Crippen molar-refractivity contribution in [2.45, 2.75) is 147 Å². The number of benzene rings is 2. The number of carboxylic acids is 2. The van der Waals surface area contributed by atoms with Crippen molar-refractivity contribution in [1.82, 2.24) is 52.1 Å². The van der Waals surface area contributed by atoms with Crippen molar-refractivity contribution in [3.63, 3.8) is 0 Å². The smallest absolute Gasteiger partial charge is 0.326 e. The molecule has 2 aromatic carbocycles. The molecule has 0 bridgehead atoms. The SMILES string of the molecule is CC[C@H](C)[C@H](NC(=O)[C@H](CCC(=O)O)NC(=O)CNC(=O)[C@H](CC(C)C)NC(=O)[C@@H](N)Cc1cnc[nH]1)C(=O)N[C@H](C(=O)N[C@@H](Cc1ccc(O)cc1)C(=O)N1CCC[C@H]1C(=O)N[C@@H](Cc1ccccc1)C(=O)O)[C@@H](C)O. The monoisotopic (exact) mass is 1080 g/mol. The van der Waals surface area contributed by atoms with Gasteiger partial charge in [0.15, 0.2) is 0 Å². The summed E-state index contributed by atoms with van der Waals surface area (Å²) in [7, 11) is 0. The van der Waals surface area contributed by atoms with Crippen molar-refractivity contribution in [3.05, 3.63) is 83.9 Å². The van der Waals surface area contributed by atoms with E-state index in [1.165, 1.54) is 48.6 Å². The van der Waals surface area contributed by atoms with Gasteiger partial charge >= 0.3 is 11.9 Å². The number of likely N-dealkylation sites (tertiary alicyclic amines) is 1. The maximum absolute atomic E-state index is 14.5. The predicted molar refractivity (Wildman–Crippen MR) is 277 cm³/mol.